The molecule has 0 amide bonds. The maximum absolute atomic E-state index is 12.6. The number of rotatable bonds is 4. The largest absolute Gasteiger partial charge is 0.345 e. The van der Waals surface area contributed by atoms with Gasteiger partial charge in [0.15, 0.2) is 0 Å². The van der Waals surface area contributed by atoms with Crippen LogP contribution in [0.4, 0.5) is 5.69 Å². The van der Waals surface area contributed by atoms with Crippen LogP contribution in [0.3, 0.4) is 0 Å². The Balaban J connectivity index is 2.12. The summed E-state index contributed by atoms with van der Waals surface area (Å²) >= 11 is 0. The average molecular weight is 335 g/mol. The zero-order valence-electron chi connectivity index (χ0n) is 12.4. The molecule has 2 saturated carbocycles. The minimum atomic E-state index is -2.20. The Labute approximate surface area is 134 Å². The first-order valence-corrected chi connectivity index (χ1v) is 7.37. The molecule has 0 N–H and O–H groups in total. The first-order chi connectivity index (χ1) is 11.3. The second-order valence-electron chi connectivity index (χ2n) is 6.15. The number of nitro groups is 3. The van der Waals surface area contributed by atoms with Crippen LogP contribution in [0.5, 0.6) is 0 Å². The standard InChI is InChI=1S/C14H13N3O7/c18-13-10-2-1-7-14(13,17(23)24)12(16(21)22)11(10)8-3-5-9(6-4-8)15(19)20/h3-6,10-12H,1-2,7H2/t10-,11-,12?,14+/m1/s1. The Morgan fingerprint density at radius 1 is 1.04 bits per heavy atom. The maximum atomic E-state index is 12.6. The molecule has 2 aliphatic carbocycles. The van der Waals surface area contributed by atoms with E-state index in [1.807, 2.05) is 0 Å². The van der Waals surface area contributed by atoms with Gasteiger partial charge in [-0.25, -0.2) is 0 Å². The zero-order valence-corrected chi connectivity index (χ0v) is 12.4. The highest BCUT2D eigenvalue weighted by Gasteiger charge is 2.76. The fourth-order valence-electron chi connectivity index (χ4n) is 4.15. The molecule has 0 heterocycles. The smallest absolute Gasteiger partial charge is 0.291 e. The van der Waals surface area contributed by atoms with E-state index in [4.69, 9.17) is 0 Å². The highest BCUT2D eigenvalue weighted by molar-refractivity contribution is 5.94. The SMILES string of the molecule is O=C1[C@@H]2CCC[C@]1([N+](=O)[O-])C([N+](=O)[O-])[C@@H]2c1ccc([N+](=O)[O-])cc1. The van der Waals surface area contributed by atoms with Gasteiger partial charge in [-0.1, -0.05) is 12.1 Å². The van der Waals surface area contributed by atoms with Gasteiger partial charge >= 0.3 is 5.54 Å². The van der Waals surface area contributed by atoms with Crippen molar-refractivity contribution in [1.82, 2.24) is 0 Å². The molecule has 0 aliphatic heterocycles. The average Bonchev–Trinajstić information content (AvgIpc) is 2.68. The van der Waals surface area contributed by atoms with Gasteiger partial charge in [-0.05, 0) is 18.4 Å². The number of benzene rings is 1. The molecule has 0 spiro atoms. The molecule has 3 rings (SSSR count). The summed E-state index contributed by atoms with van der Waals surface area (Å²) < 4.78 is 0. The Hall–Kier alpha value is -2.91. The lowest BCUT2D eigenvalue weighted by Gasteiger charge is -2.23. The molecule has 1 aromatic rings. The van der Waals surface area contributed by atoms with E-state index in [0.717, 1.165) is 0 Å². The van der Waals surface area contributed by atoms with E-state index in [1.54, 1.807) is 0 Å². The van der Waals surface area contributed by atoms with Gasteiger partial charge in [0.05, 0.1) is 10.8 Å². The van der Waals surface area contributed by atoms with Crippen LogP contribution < -0.4 is 0 Å². The van der Waals surface area contributed by atoms with Crippen LogP contribution in [0, 0.1) is 36.3 Å². The van der Waals surface area contributed by atoms with Crippen LogP contribution in [0.15, 0.2) is 24.3 Å². The predicted octanol–water partition coefficient (Wildman–Crippen LogP) is 1.72. The van der Waals surface area contributed by atoms with Crippen molar-refractivity contribution >= 4 is 11.5 Å². The number of carbonyl (C=O) groups excluding carboxylic acids is 1. The number of nitro benzene ring substituents is 1. The van der Waals surface area contributed by atoms with E-state index in [9.17, 15) is 35.1 Å². The van der Waals surface area contributed by atoms with Crippen molar-refractivity contribution in [2.24, 2.45) is 5.92 Å². The Morgan fingerprint density at radius 2 is 1.67 bits per heavy atom. The van der Waals surface area contributed by atoms with Crippen molar-refractivity contribution in [2.75, 3.05) is 0 Å². The van der Waals surface area contributed by atoms with Crippen LogP contribution in [0.25, 0.3) is 0 Å². The molecule has 0 saturated heterocycles. The summed E-state index contributed by atoms with van der Waals surface area (Å²) in [6, 6.07) is 3.42. The molecular weight excluding hydrogens is 322 g/mol. The molecule has 1 unspecified atom stereocenters. The van der Waals surface area contributed by atoms with E-state index in [0.29, 0.717) is 18.4 Å². The molecule has 126 valence electrons. The number of hydrogen-bond acceptors (Lipinski definition) is 7. The molecule has 2 fully saturated rings. The van der Waals surface area contributed by atoms with Crippen molar-refractivity contribution < 1.29 is 19.6 Å². The summed E-state index contributed by atoms with van der Waals surface area (Å²) in [5.41, 5.74) is -2.03. The first kappa shape index (κ1) is 16.0. The van der Waals surface area contributed by atoms with Gasteiger partial charge in [-0.2, -0.15) is 0 Å². The van der Waals surface area contributed by atoms with Crippen molar-refractivity contribution in [3.63, 3.8) is 0 Å². The van der Waals surface area contributed by atoms with Crippen molar-refractivity contribution in [3.8, 4) is 0 Å². The molecule has 24 heavy (non-hydrogen) atoms. The lowest BCUT2D eigenvalue weighted by molar-refractivity contribution is -0.637. The topological polar surface area (TPSA) is 146 Å². The van der Waals surface area contributed by atoms with Gasteiger partial charge in [-0.3, -0.25) is 35.1 Å². The van der Waals surface area contributed by atoms with E-state index in [2.05, 4.69) is 0 Å². The summed E-state index contributed by atoms with van der Waals surface area (Å²) in [7, 11) is 0. The third kappa shape index (κ3) is 1.99. The number of hydrogen-bond donors (Lipinski definition) is 0. The fraction of sp³-hybridized carbons (Fsp3) is 0.500. The van der Waals surface area contributed by atoms with Gasteiger partial charge in [-0.15, -0.1) is 0 Å². The van der Waals surface area contributed by atoms with E-state index >= 15 is 0 Å². The van der Waals surface area contributed by atoms with Gasteiger partial charge in [0, 0.05) is 34.3 Å². The lowest BCUT2D eigenvalue weighted by atomic mass is 9.80. The third-order valence-electron chi connectivity index (χ3n) is 5.14. The fourth-order valence-corrected chi connectivity index (χ4v) is 4.15. The molecule has 10 heteroatoms. The summed E-state index contributed by atoms with van der Waals surface area (Å²) in [5.74, 6) is -2.44. The molecule has 2 bridgehead atoms. The zero-order chi connectivity index (χ0) is 17.6. The summed E-state index contributed by atoms with van der Waals surface area (Å²) in [4.78, 5) is 44.3. The highest BCUT2D eigenvalue weighted by atomic mass is 16.6. The number of non-ortho nitro benzene ring substituents is 1. The van der Waals surface area contributed by atoms with Crippen LogP contribution in [0.2, 0.25) is 0 Å². The number of nitrogens with zero attached hydrogens (tertiary/aromatic N) is 3. The van der Waals surface area contributed by atoms with Gasteiger partial charge < -0.3 is 0 Å². The van der Waals surface area contributed by atoms with E-state index in [1.165, 1.54) is 24.3 Å². The van der Waals surface area contributed by atoms with Gasteiger partial charge in [0.1, 0.15) is 0 Å². The maximum Gasteiger partial charge on any atom is 0.345 e. The van der Waals surface area contributed by atoms with Crippen molar-refractivity contribution in [2.45, 2.75) is 36.8 Å². The number of Topliss-reactive ketones (excluding diaryl/α,β-unsaturated/α-hetero) is 1. The quantitative estimate of drug-likeness (QED) is 0.601. The number of fused-ring (bicyclic) bond motifs is 2. The summed E-state index contributed by atoms with van der Waals surface area (Å²) in [5, 5.41) is 33.9. The van der Waals surface area contributed by atoms with Crippen LogP contribution in [-0.4, -0.2) is 32.1 Å². The van der Waals surface area contributed by atoms with E-state index in [-0.39, 0.29) is 12.1 Å². The summed E-state index contributed by atoms with van der Waals surface area (Å²) in [6.07, 6.45) is 0.566. The van der Waals surface area contributed by atoms with Crippen molar-refractivity contribution in [1.29, 1.82) is 0 Å². The molecule has 10 nitrogen and oxygen atoms in total. The molecule has 1 aromatic carbocycles. The van der Waals surface area contributed by atoms with Crippen LogP contribution in [0.1, 0.15) is 30.7 Å². The Kier molecular flexibility index (Phi) is 3.54. The van der Waals surface area contributed by atoms with E-state index < -0.39 is 44.0 Å². The van der Waals surface area contributed by atoms with Crippen molar-refractivity contribution in [3.05, 3.63) is 60.2 Å². The normalized spacial score (nSPS) is 31.7. The predicted molar refractivity (Wildman–Crippen MR) is 78.7 cm³/mol. The lowest BCUT2D eigenvalue weighted by Crippen LogP contribution is -2.55. The second-order valence-corrected chi connectivity index (χ2v) is 6.15. The minimum Gasteiger partial charge on any atom is -0.291 e. The molecule has 2 aliphatic rings. The molecular formula is C14H13N3O7. The molecule has 4 atom stereocenters. The first-order valence-electron chi connectivity index (χ1n) is 7.37. The molecule has 0 aromatic heterocycles. The monoisotopic (exact) mass is 335 g/mol. The van der Waals surface area contributed by atoms with Gasteiger partial charge in [0.25, 0.3) is 11.7 Å². The Morgan fingerprint density at radius 3 is 2.17 bits per heavy atom. The Bertz CT molecular complexity index is 747. The number of ketones is 1. The van der Waals surface area contributed by atoms with Crippen LogP contribution >= 0.6 is 0 Å². The second kappa shape index (κ2) is 5.32. The third-order valence-corrected chi connectivity index (χ3v) is 5.14. The number of carbonyl (C=O) groups is 1. The van der Waals surface area contributed by atoms with Crippen LogP contribution in [-0.2, 0) is 4.79 Å². The molecule has 0 radical (unpaired) electrons. The van der Waals surface area contributed by atoms with Gasteiger partial charge in [0.2, 0.25) is 5.78 Å². The minimum absolute atomic E-state index is 0.148. The highest BCUT2D eigenvalue weighted by Crippen LogP contribution is 2.53. The summed E-state index contributed by atoms with van der Waals surface area (Å²) in [6.45, 7) is 0.